The second-order valence-corrected chi connectivity index (χ2v) is 6.10. The summed E-state index contributed by atoms with van der Waals surface area (Å²) in [7, 11) is 0. The minimum atomic E-state index is -1.07. The quantitative estimate of drug-likeness (QED) is 0.711. The van der Waals surface area contributed by atoms with Crippen LogP contribution in [0.1, 0.15) is 22.3 Å². The van der Waals surface area contributed by atoms with Crippen molar-refractivity contribution in [2.24, 2.45) is 0 Å². The molecule has 112 valence electrons. The molecule has 0 amide bonds. The lowest BCUT2D eigenvalue weighted by atomic mass is 9.90. The summed E-state index contributed by atoms with van der Waals surface area (Å²) in [5.41, 5.74) is 5.37. The highest BCUT2D eigenvalue weighted by atomic mass is 16.3. The molecule has 1 N–H and O–H groups in total. The van der Waals surface area contributed by atoms with Gasteiger partial charge in [-0.2, -0.15) is 0 Å². The molecule has 1 heteroatoms. The number of rotatable bonds is 2. The minimum Gasteiger partial charge on any atom is -0.377 e. The van der Waals surface area contributed by atoms with Gasteiger partial charge >= 0.3 is 0 Å². The number of aryl methyl sites for hydroxylation is 1. The van der Waals surface area contributed by atoms with Crippen LogP contribution in [-0.4, -0.2) is 5.11 Å². The Labute approximate surface area is 136 Å². The Morgan fingerprint density at radius 1 is 0.739 bits per heavy atom. The summed E-state index contributed by atoms with van der Waals surface area (Å²) in [4.78, 5) is 0. The molecule has 0 unspecified atom stereocenters. The molecule has 4 rings (SSSR count). The van der Waals surface area contributed by atoms with Crippen molar-refractivity contribution < 1.29 is 5.11 Å². The summed E-state index contributed by atoms with van der Waals surface area (Å²) in [6, 6.07) is 24.5. The van der Waals surface area contributed by atoms with E-state index < -0.39 is 5.60 Å². The third-order valence-corrected chi connectivity index (χ3v) is 4.56. The Bertz CT molecular complexity index is 842. The van der Waals surface area contributed by atoms with E-state index in [1.165, 1.54) is 5.56 Å². The summed E-state index contributed by atoms with van der Waals surface area (Å²) in [6.07, 6.45) is 3.90. The molecule has 3 aromatic carbocycles. The van der Waals surface area contributed by atoms with E-state index in [0.29, 0.717) is 0 Å². The highest BCUT2D eigenvalue weighted by molar-refractivity contribution is 5.81. The van der Waals surface area contributed by atoms with Crippen LogP contribution in [0.15, 0.2) is 78.9 Å². The van der Waals surface area contributed by atoms with E-state index in [2.05, 4.69) is 43.3 Å². The van der Waals surface area contributed by atoms with Crippen LogP contribution in [0, 0.1) is 6.92 Å². The molecule has 0 spiro atoms. The van der Waals surface area contributed by atoms with Gasteiger partial charge in [-0.15, -0.1) is 0 Å². The van der Waals surface area contributed by atoms with E-state index in [1.54, 1.807) is 0 Å². The van der Waals surface area contributed by atoms with Crippen LogP contribution in [-0.2, 0) is 5.60 Å². The summed E-state index contributed by atoms with van der Waals surface area (Å²) in [5.74, 6) is 0. The summed E-state index contributed by atoms with van der Waals surface area (Å²) < 4.78 is 0. The van der Waals surface area contributed by atoms with E-state index in [-0.39, 0.29) is 0 Å². The van der Waals surface area contributed by atoms with Crippen LogP contribution >= 0.6 is 0 Å². The highest BCUT2D eigenvalue weighted by Gasteiger charge is 2.38. The summed E-state index contributed by atoms with van der Waals surface area (Å²) in [6.45, 7) is 2.07. The summed E-state index contributed by atoms with van der Waals surface area (Å²) in [5, 5.41) is 11.4. The molecule has 0 atom stereocenters. The topological polar surface area (TPSA) is 20.2 Å². The van der Waals surface area contributed by atoms with Crippen molar-refractivity contribution >= 4 is 6.08 Å². The SMILES string of the molecule is Cc1ccc(/C=C/C2(O)c3ccccc3-c3ccccc32)cc1. The molecule has 3 aromatic rings. The molecule has 0 bridgehead atoms. The maximum absolute atomic E-state index is 11.4. The third-order valence-electron chi connectivity index (χ3n) is 4.56. The molecular weight excluding hydrogens is 280 g/mol. The molecule has 0 saturated heterocycles. The van der Waals surface area contributed by atoms with Crippen LogP contribution in [0.2, 0.25) is 0 Å². The zero-order chi connectivity index (χ0) is 15.9. The first kappa shape index (κ1) is 14.0. The predicted octanol–water partition coefficient (Wildman–Crippen LogP) is 4.92. The van der Waals surface area contributed by atoms with Gasteiger partial charge in [0, 0.05) is 0 Å². The Morgan fingerprint density at radius 3 is 1.83 bits per heavy atom. The van der Waals surface area contributed by atoms with Gasteiger partial charge in [-0.05, 0) is 40.8 Å². The fraction of sp³-hybridized carbons (Fsp3) is 0.0909. The second-order valence-electron chi connectivity index (χ2n) is 6.10. The normalized spacial score (nSPS) is 14.7. The molecule has 1 aliphatic carbocycles. The molecule has 0 aromatic heterocycles. The second kappa shape index (κ2) is 5.22. The lowest BCUT2D eigenvalue weighted by Gasteiger charge is -2.21. The molecule has 1 aliphatic rings. The molecular formula is C22H18O. The van der Waals surface area contributed by atoms with Crippen LogP contribution < -0.4 is 0 Å². The molecule has 0 fully saturated rings. The molecule has 0 heterocycles. The van der Waals surface area contributed by atoms with Crippen molar-refractivity contribution in [2.45, 2.75) is 12.5 Å². The number of aliphatic hydroxyl groups is 1. The zero-order valence-electron chi connectivity index (χ0n) is 13.0. The fourth-order valence-electron chi connectivity index (χ4n) is 3.32. The zero-order valence-corrected chi connectivity index (χ0v) is 13.0. The summed E-state index contributed by atoms with van der Waals surface area (Å²) >= 11 is 0. The van der Waals surface area contributed by atoms with Crippen molar-refractivity contribution in [2.75, 3.05) is 0 Å². The molecule has 1 nitrogen and oxygen atoms in total. The lowest BCUT2D eigenvalue weighted by molar-refractivity contribution is 0.140. The van der Waals surface area contributed by atoms with E-state index in [4.69, 9.17) is 0 Å². The molecule has 0 saturated carbocycles. The van der Waals surface area contributed by atoms with Gasteiger partial charge in [-0.3, -0.25) is 0 Å². The van der Waals surface area contributed by atoms with Gasteiger partial charge < -0.3 is 5.11 Å². The predicted molar refractivity (Wildman–Crippen MR) is 95.1 cm³/mol. The van der Waals surface area contributed by atoms with Gasteiger partial charge in [-0.25, -0.2) is 0 Å². The van der Waals surface area contributed by atoms with Gasteiger partial charge in [0.2, 0.25) is 0 Å². The first-order chi connectivity index (χ1) is 11.2. The van der Waals surface area contributed by atoms with Crippen LogP contribution in [0.3, 0.4) is 0 Å². The Kier molecular flexibility index (Phi) is 3.17. The van der Waals surface area contributed by atoms with Gasteiger partial charge in [0.15, 0.2) is 0 Å². The number of fused-ring (bicyclic) bond motifs is 3. The highest BCUT2D eigenvalue weighted by Crippen LogP contribution is 2.48. The van der Waals surface area contributed by atoms with Crippen molar-refractivity contribution in [1.82, 2.24) is 0 Å². The monoisotopic (exact) mass is 298 g/mol. The van der Waals surface area contributed by atoms with E-state index in [9.17, 15) is 5.11 Å². The average Bonchev–Trinajstić information content (AvgIpc) is 2.85. The first-order valence-electron chi connectivity index (χ1n) is 7.86. The van der Waals surface area contributed by atoms with Crippen LogP contribution in [0.4, 0.5) is 0 Å². The van der Waals surface area contributed by atoms with E-state index in [1.807, 2.05) is 48.6 Å². The Morgan fingerprint density at radius 2 is 1.26 bits per heavy atom. The largest absolute Gasteiger partial charge is 0.377 e. The number of hydrogen-bond donors (Lipinski definition) is 1. The average molecular weight is 298 g/mol. The molecule has 0 radical (unpaired) electrons. The van der Waals surface area contributed by atoms with Gasteiger partial charge in [0.05, 0.1) is 0 Å². The Hall–Kier alpha value is -2.64. The van der Waals surface area contributed by atoms with Crippen LogP contribution in [0.5, 0.6) is 0 Å². The molecule has 0 aliphatic heterocycles. The Balaban J connectivity index is 1.84. The maximum atomic E-state index is 11.4. The number of benzene rings is 3. The molecule has 23 heavy (non-hydrogen) atoms. The maximum Gasteiger partial charge on any atom is 0.135 e. The van der Waals surface area contributed by atoms with E-state index >= 15 is 0 Å². The van der Waals surface area contributed by atoms with Gasteiger partial charge in [-0.1, -0.05) is 84.4 Å². The van der Waals surface area contributed by atoms with Crippen molar-refractivity contribution in [3.8, 4) is 11.1 Å². The van der Waals surface area contributed by atoms with Crippen molar-refractivity contribution in [1.29, 1.82) is 0 Å². The smallest absolute Gasteiger partial charge is 0.135 e. The fourth-order valence-corrected chi connectivity index (χ4v) is 3.32. The first-order valence-corrected chi connectivity index (χ1v) is 7.86. The van der Waals surface area contributed by atoms with Gasteiger partial charge in [0.1, 0.15) is 5.60 Å². The minimum absolute atomic E-state index is 0.949. The third kappa shape index (κ3) is 2.21. The lowest BCUT2D eigenvalue weighted by Crippen LogP contribution is -2.21. The van der Waals surface area contributed by atoms with Crippen LogP contribution in [0.25, 0.3) is 17.2 Å². The van der Waals surface area contributed by atoms with Gasteiger partial charge in [0.25, 0.3) is 0 Å². The van der Waals surface area contributed by atoms with E-state index in [0.717, 1.165) is 27.8 Å². The standard InChI is InChI=1S/C22H18O/c1-16-10-12-17(13-11-16)14-15-22(23)20-8-4-2-6-18(20)19-7-3-5-9-21(19)22/h2-15,23H,1H3/b15-14+. The van der Waals surface area contributed by atoms with Crippen molar-refractivity contribution in [3.63, 3.8) is 0 Å². The number of hydrogen-bond acceptors (Lipinski definition) is 1. The van der Waals surface area contributed by atoms with Crippen molar-refractivity contribution in [3.05, 3.63) is 101 Å².